The van der Waals surface area contributed by atoms with E-state index in [4.69, 9.17) is 0 Å². The molecule has 2 aliphatic rings. The summed E-state index contributed by atoms with van der Waals surface area (Å²) in [5, 5.41) is 8.05. The van der Waals surface area contributed by atoms with Gasteiger partial charge in [-0.1, -0.05) is 18.2 Å². The van der Waals surface area contributed by atoms with E-state index in [1.807, 2.05) is 44.2 Å². The van der Waals surface area contributed by atoms with Gasteiger partial charge in [0.05, 0.1) is 11.3 Å². The molecule has 0 radical (unpaired) electrons. The number of pyridine rings is 1. The van der Waals surface area contributed by atoms with Crippen LogP contribution in [0.15, 0.2) is 53.6 Å². The maximum atomic E-state index is 12.7. The molecule has 2 N–H and O–H groups in total. The van der Waals surface area contributed by atoms with Gasteiger partial charge in [0.25, 0.3) is 5.56 Å². The van der Waals surface area contributed by atoms with Crippen molar-refractivity contribution in [3.8, 4) is 16.9 Å². The van der Waals surface area contributed by atoms with Crippen LogP contribution in [0.3, 0.4) is 0 Å². The summed E-state index contributed by atoms with van der Waals surface area (Å²) < 4.78 is 2.87. The molecule has 7 heteroatoms. The first-order valence-electron chi connectivity index (χ1n) is 8.04. The van der Waals surface area contributed by atoms with Gasteiger partial charge in [0.2, 0.25) is 0 Å². The predicted molar refractivity (Wildman–Crippen MR) is 95.4 cm³/mol. The Balaban J connectivity index is 1.91. The molecular weight excluding hydrogens is 318 g/mol. The average Bonchev–Trinajstić information content (AvgIpc) is 3.16. The Labute approximate surface area is 143 Å². The molecule has 0 aliphatic carbocycles. The third-order valence-electron chi connectivity index (χ3n) is 4.00. The van der Waals surface area contributed by atoms with Crippen LogP contribution in [0.1, 0.15) is 13.8 Å². The van der Waals surface area contributed by atoms with Crippen LogP contribution in [-0.2, 0) is 0 Å². The first-order chi connectivity index (χ1) is 12.1. The van der Waals surface area contributed by atoms with Gasteiger partial charge < -0.3 is 10.3 Å². The number of fused-ring (bicyclic) bond motifs is 3. The zero-order valence-corrected chi connectivity index (χ0v) is 13.9. The van der Waals surface area contributed by atoms with Crippen molar-refractivity contribution >= 4 is 17.1 Å². The van der Waals surface area contributed by atoms with Crippen LogP contribution in [0.4, 0.5) is 4.79 Å². The number of aromatic amines is 1. The third-order valence-corrected chi connectivity index (χ3v) is 4.00. The number of hydrogen-bond acceptors (Lipinski definition) is 3. The fourth-order valence-corrected chi connectivity index (χ4v) is 2.88. The minimum atomic E-state index is -0.231. The van der Waals surface area contributed by atoms with E-state index >= 15 is 0 Å². The van der Waals surface area contributed by atoms with Gasteiger partial charge in [-0.05, 0) is 32.0 Å². The molecule has 0 bridgehead atoms. The van der Waals surface area contributed by atoms with Crippen molar-refractivity contribution in [2.45, 2.75) is 19.9 Å². The Morgan fingerprint density at radius 2 is 1.96 bits per heavy atom. The number of carbonyl (C=O) groups is 1. The molecule has 4 rings (SSSR count). The largest absolute Gasteiger partial charge is 0.346 e. The molecule has 0 fully saturated rings. The number of nitrogens with zero attached hydrogens (tertiary/aromatic N) is 3. The van der Waals surface area contributed by atoms with Gasteiger partial charge in [0.15, 0.2) is 0 Å². The summed E-state index contributed by atoms with van der Waals surface area (Å²) in [6.45, 7) is 3.80. The van der Waals surface area contributed by atoms with Gasteiger partial charge in [-0.15, -0.1) is 0 Å². The van der Waals surface area contributed by atoms with Crippen LogP contribution in [0.2, 0.25) is 0 Å². The molecule has 2 aliphatic heterocycles. The number of benzene rings is 1. The molecule has 0 saturated heterocycles. The van der Waals surface area contributed by atoms with Crippen LogP contribution in [0.25, 0.3) is 28.0 Å². The van der Waals surface area contributed by atoms with Crippen LogP contribution in [0, 0.1) is 0 Å². The summed E-state index contributed by atoms with van der Waals surface area (Å²) in [6.07, 6.45) is 3.27. The molecule has 1 aromatic carbocycles. The van der Waals surface area contributed by atoms with Crippen molar-refractivity contribution in [3.63, 3.8) is 0 Å². The monoisotopic (exact) mass is 335 g/mol. The Kier molecular flexibility index (Phi) is 3.42. The Bertz CT molecular complexity index is 1090. The van der Waals surface area contributed by atoms with Gasteiger partial charge >= 0.3 is 6.03 Å². The molecule has 0 saturated carbocycles. The second-order valence-electron chi connectivity index (χ2n) is 6.16. The maximum absolute atomic E-state index is 12.7. The lowest BCUT2D eigenvalue weighted by molar-refractivity contribution is 0.241. The van der Waals surface area contributed by atoms with Crippen LogP contribution in [0.5, 0.6) is 0 Å². The number of H-pyrrole nitrogens is 1. The van der Waals surface area contributed by atoms with Crippen LogP contribution in [-0.4, -0.2) is 31.4 Å². The average molecular weight is 335 g/mol. The van der Waals surface area contributed by atoms with E-state index in [1.54, 1.807) is 18.5 Å². The number of nitrogens with one attached hydrogen (secondary N) is 2. The number of hydrogen-bond donors (Lipinski definition) is 2. The fourth-order valence-electron chi connectivity index (χ4n) is 2.88. The minimum absolute atomic E-state index is 0.0271. The number of carbonyl (C=O) groups excluding carboxylic acids is 1. The highest BCUT2D eigenvalue weighted by molar-refractivity contribution is 5.97. The highest BCUT2D eigenvalue weighted by Crippen LogP contribution is 2.26. The third kappa shape index (κ3) is 2.40. The lowest BCUT2D eigenvalue weighted by Gasteiger charge is -2.09. The van der Waals surface area contributed by atoms with E-state index in [0.717, 1.165) is 5.39 Å². The van der Waals surface area contributed by atoms with Crippen LogP contribution < -0.4 is 10.9 Å². The molecule has 0 unspecified atom stereocenters. The van der Waals surface area contributed by atoms with E-state index < -0.39 is 0 Å². The molecule has 0 atom stereocenters. The summed E-state index contributed by atoms with van der Waals surface area (Å²) in [7, 11) is 0. The van der Waals surface area contributed by atoms with E-state index in [9.17, 15) is 9.59 Å². The zero-order valence-electron chi connectivity index (χ0n) is 13.9. The Hall–Kier alpha value is -3.35. The maximum Gasteiger partial charge on any atom is 0.327 e. The normalized spacial score (nSPS) is 11.5. The Morgan fingerprint density at radius 1 is 1.20 bits per heavy atom. The SMILES string of the molecule is CC(C)NC(=O)n1ccc2c3nn(-c4ccccc4)c(=O)c-3c[nH]c21. The lowest BCUT2D eigenvalue weighted by atomic mass is 10.2. The smallest absolute Gasteiger partial charge is 0.327 e. The van der Waals surface area contributed by atoms with E-state index in [2.05, 4.69) is 15.4 Å². The zero-order chi connectivity index (χ0) is 17.6. The summed E-state index contributed by atoms with van der Waals surface area (Å²) in [6, 6.07) is 10.8. The van der Waals surface area contributed by atoms with Crippen LogP contribution >= 0.6 is 0 Å². The molecule has 7 nitrogen and oxygen atoms in total. The molecule has 126 valence electrons. The minimum Gasteiger partial charge on any atom is -0.346 e. The first kappa shape index (κ1) is 15.2. The lowest BCUT2D eigenvalue weighted by Crippen LogP contribution is -2.33. The number of rotatable bonds is 2. The van der Waals surface area contributed by atoms with Gasteiger partial charge in [0, 0.05) is 23.8 Å². The van der Waals surface area contributed by atoms with Crippen molar-refractivity contribution in [1.82, 2.24) is 24.6 Å². The van der Waals surface area contributed by atoms with E-state index in [0.29, 0.717) is 22.6 Å². The molecule has 2 aromatic rings. The molecule has 1 aromatic heterocycles. The molecular formula is C18H17N5O2. The summed E-state index contributed by atoms with van der Waals surface area (Å²) in [5.74, 6) is 0. The van der Waals surface area contributed by atoms with Gasteiger partial charge in [0.1, 0.15) is 11.3 Å². The second-order valence-corrected chi connectivity index (χ2v) is 6.16. The number of para-hydroxylation sites is 1. The van der Waals surface area contributed by atoms with Crippen molar-refractivity contribution in [1.29, 1.82) is 0 Å². The quantitative estimate of drug-likeness (QED) is 0.590. The van der Waals surface area contributed by atoms with E-state index in [1.165, 1.54) is 9.25 Å². The van der Waals surface area contributed by atoms with Crippen molar-refractivity contribution in [2.24, 2.45) is 0 Å². The predicted octanol–water partition coefficient (Wildman–Crippen LogP) is 2.59. The van der Waals surface area contributed by atoms with Gasteiger partial charge in [-0.25, -0.2) is 4.79 Å². The Morgan fingerprint density at radius 3 is 2.68 bits per heavy atom. The second kappa shape index (κ2) is 5.62. The van der Waals surface area contributed by atoms with Crippen molar-refractivity contribution in [2.75, 3.05) is 0 Å². The molecule has 1 amide bonds. The standard InChI is InChI=1S/C18H17N5O2/c1-11(2)20-18(25)22-9-8-13-15-14(10-19-16(13)22)17(24)23(21-15)12-6-4-3-5-7-12/h3-11,19H,1-2H3,(H,20,25). The van der Waals surface area contributed by atoms with Gasteiger partial charge in [-0.2, -0.15) is 9.78 Å². The fraction of sp³-hybridized carbons (Fsp3) is 0.167. The highest BCUT2D eigenvalue weighted by atomic mass is 16.2. The summed E-state index contributed by atoms with van der Waals surface area (Å²) in [4.78, 5) is 28.0. The molecule has 3 heterocycles. The summed E-state index contributed by atoms with van der Waals surface area (Å²) in [5.41, 5.74) is 2.16. The van der Waals surface area contributed by atoms with E-state index in [-0.39, 0.29) is 17.6 Å². The number of amides is 1. The molecule has 0 spiro atoms. The van der Waals surface area contributed by atoms with Crippen molar-refractivity contribution in [3.05, 3.63) is 59.1 Å². The van der Waals surface area contributed by atoms with Crippen molar-refractivity contribution < 1.29 is 4.79 Å². The highest BCUT2D eigenvalue weighted by Gasteiger charge is 2.21. The topological polar surface area (TPSA) is 84.7 Å². The molecule has 25 heavy (non-hydrogen) atoms. The summed E-state index contributed by atoms with van der Waals surface area (Å²) >= 11 is 0. The number of aromatic nitrogens is 4. The first-order valence-corrected chi connectivity index (χ1v) is 8.04. The van der Waals surface area contributed by atoms with Gasteiger partial charge in [-0.3, -0.25) is 9.36 Å².